The maximum atomic E-state index is 12.3. The molecule has 25 heavy (non-hydrogen) atoms. The average molecular weight is 395 g/mol. The number of rotatable bonds is 5. The van der Waals surface area contributed by atoms with Crippen LogP contribution < -0.4 is 10.3 Å². The molecule has 11 heteroatoms. The number of thioether (sulfide) groups is 1. The lowest BCUT2D eigenvalue weighted by atomic mass is 10.4. The van der Waals surface area contributed by atoms with Crippen LogP contribution in [0.1, 0.15) is 19.7 Å². The predicted molar refractivity (Wildman–Crippen MR) is 98.8 cm³/mol. The van der Waals surface area contributed by atoms with Gasteiger partial charge in [-0.3, -0.25) is 13.8 Å². The molecule has 0 aliphatic rings. The van der Waals surface area contributed by atoms with Crippen LogP contribution in [-0.2, 0) is 12.8 Å². The number of fused-ring (bicyclic) bond motifs is 3. The lowest BCUT2D eigenvalue weighted by Gasteiger charge is -2.04. The van der Waals surface area contributed by atoms with Crippen LogP contribution in [-0.4, -0.2) is 35.5 Å². The zero-order valence-electron chi connectivity index (χ0n) is 13.7. The first kappa shape index (κ1) is 16.5. The Hall–Kier alpha value is -1.98. The number of aromatic nitrogens is 6. The fraction of sp³-hybridized carbons (Fsp3) is 0.357. The zero-order valence-corrected chi connectivity index (χ0v) is 16.1. The van der Waals surface area contributed by atoms with Crippen molar-refractivity contribution in [1.29, 1.82) is 0 Å². The number of hydrogen-bond donors (Lipinski definition) is 0. The van der Waals surface area contributed by atoms with Crippen LogP contribution in [0.3, 0.4) is 0 Å². The quantitative estimate of drug-likeness (QED) is 0.481. The largest absolute Gasteiger partial charge is 0.466 e. The smallest absolute Gasteiger partial charge is 0.295 e. The minimum absolute atomic E-state index is 0.0521. The molecule has 4 rings (SSSR count). The molecule has 0 N–H and O–H groups in total. The summed E-state index contributed by atoms with van der Waals surface area (Å²) >= 11 is 4.35. The Morgan fingerprint density at radius 1 is 1.28 bits per heavy atom. The molecule has 0 unspecified atom stereocenters. The molecule has 0 aromatic carbocycles. The second-order valence-corrected chi connectivity index (χ2v) is 8.62. The first-order chi connectivity index (χ1) is 12.0. The fourth-order valence-corrected chi connectivity index (χ4v) is 4.95. The van der Waals surface area contributed by atoms with Gasteiger partial charge in [0.2, 0.25) is 5.78 Å². The van der Waals surface area contributed by atoms with Gasteiger partial charge >= 0.3 is 0 Å². The molecule has 8 nitrogen and oxygen atoms in total. The number of thiophene rings is 1. The van der Waals surface area contributed by atoms with E-state index >= 15 is 0 Å². The molecule has 4 aromatic rings. The Balaban J connectivity index is 1.66. The monoisotopic (exact) mass is 394 g/mol. The minimum atomic E-state index is -0.0521. The third-order valence-corrected chi connectivity index (χ3v) is 6.28. The van der Waals surface area contributed by atoms with Crippen LogP contribution in [0.15, 0.2) is 20.6 Å². The first-order valence-electron chi connectivity index (χ1n) is 7.47. The summed E-state index contributed by atoms with van der Waals surface area (Å²) in [7, 11) is 1.71. The first-order valence-corrected chi connectivity index (χ1v) is 10.2. The molecule has 4 heterocycles. The van der Waals surface area contributed by atoms with Crippen LogP contribution in [0.5, 0.6) is 5.19 Å². The molecule has 0 saturated heterocycles. The van der Waals surface area contributed by atoms with Gasteiger partial charge < -0.3 is 4.74 Å². The van der Waals surface area contributed by atoms with E-state index < -0.39 is 0 Å². The molecule has 0 atom stereocenters. The molecular weight excluding hydrogens is 380 g/mol. The van der Waals surface area contributed by atoms with Crippen LogP contribution in [0.4, 0.5) is 0 Å². The van der Waals surface area contributed by atoms with Crippen molar-refractivity contribution < 1.29 is 4.74 Å². The molecule has 130 valence electrons. The van der Waals surface area contributed by atoms with E-state index in [9.17, 15) is 4.79 Å². The Morgan fingerprint density at radius 2 is 2.12 bits per heavy atom. The van der Waals surface area contributed by atoms with Crippen LogP contribution in [0.25, 0.3) is 16.0 Å². The molecular formula is C14H14N6O2S3. The zero-order chi connectivity index (χ0) is 17.6. The predicted octanol–water partition coefficient (Wildman–Crippen LogP) is 2.57. The lowest BCUT2D eigenvalue weighted by Crippen LogP contribution is -2.19. The lowest BCUT2D eigenvalue weighted by molar-refractivity contribution is 0.239. The van der Waals surface area contributed by atoms with Gasteiger partial charge in [0, 0.05) is 7.05 Å². The topological polar surface area (TPSA) is 87.2 Å². The molecule has 0 radical (unpaired) electrons. The summed E-state index contributed by atoms with van der Waals surface area (Å²) in [5.74, 6) is 1.87. The van der Waals surface area contributed by atoms with Crippen molar-refractivity contribution in [1.82, 2.24) is 29.4 Å². The minimum Gasteiger partial charge on any atom is -0.466 e. The Labute approximate surface area is 154 Å². The summed E-state index contributed by atoms with van der Waals surface area (Å²) in [5, 5.41) is 19.1. The van der Waals surface area contributed by atoms with Gasteiger partial charge in [-0.15, -0.1) is 26.6 Å². The molecule has 0 amide bonds. The molecule has 0 spiro atoms. The number of ether oxygens (including phenoxy) is 1. The fourth-order valence-electron chi connectivity index (χ4n) is 2.38. The van der Waals surface area contributed by atoms with Gasteiger partial charge in [-0.05, 0) is 36.6 Å². The third kappa shape index (κ3) is 2.92. The van der Waals surface area contributed by atoms with Crippen molar-refractivity contribution in [2.24, 2.45) is 7.05 Å². The van der Waals surface area contributed by atoms with Gasteiger partial charge in [0.25, 0.3) is 10.8 Å². The maximum absolute atomic E-state index is 12.3. The number of aryl methyl sites for hydroxylation is 1. The summed E-state index contributed by atoms with van der Waals surface area (Å²) in [6.07, 6.45) is 0.0689. The Kier molecular flexibility index (Phi) is 4.21. The normalized spacial score (nSPS) is 11.8. The number of hydrogen-bond acceptors (Lipinski definition) is 9. The molecule has 0 fully saturated rings. The van der Waals surface area contributed by atoms with Crippen molar-refractivity contribution >= 4 is 50.4 Å². The van der Waals surface area contributed by atoms with Gasteiger partial charge in [-0.25, -0.2) is 0 Å². The van der Waals surface area contributed by atoms with E-state index in [-0.39, 0.29) is 11.7 Å². The van der Waals surface area contributed by atoms with Gasteiger partial charge in [0.05, 0.1) is 17.4 Å². The van der Waals surface area contributed by atoms with E-state index in [0.717, 1.165) is 15.7 Å². The highest BCUT2D eigenvalue weighted by atomic mass is 32.2. The van der Waals surface area contributed by atoms with Gasteiger partial charge in [-0.1, -0.05) is 16.9 Å². The van der Waals surface area contributed by atoms with Gasteiger partial charge in [0.1, 0.15) is 10.5 Å². The van der Waals surface area contributed by atoms with E-state index in [1.54, 1.807) is 7.05 Å². The highest BCUT2D eigenvalue weighted by Crippen LogP contribution is 2.30. The molecule has 0 aliphatic carbocycles. The van der Waals surface area contributed by atoms with E-state index in [2.05, 4.69) is 20.4 Å². The van der Waals surface area contributed by atoms with Gasteiger partial charge in [-0.2, -0.15) is 0 Å². The second kappa shape index (κ2) is 6.39. The summed E-state index contributed by atoms with van der Waals surface area (Å²) in [5.41, 5.74) is 0.786. The van der Waals surface area contributed by atoms with Crippen molar-refractivity contribution in [3.8, 4) is 5.19 Å². The molecule has 0 aliphatic heterocycles. The summed E-state index contributed by atoms with van der Waals surface area (Å²) in [4.78, 5) is 12.3. The third-order valence-electron chi connectivity index (χ3n) is 3.45. The van der Waals surface area contributed by atoms with Crippen molar-refractivity contribution in [3.63, 3.8) is 0 Å². The van der Waals surface area contributed by atoms with E-state index in [1.165, 1.54) is 39.0 Å². The summed E-state index contributed by atoms with van der Waals surface area (Å²) < 4.78 is 10.5. The van der Waals surface area contributed by atoms with Crippen molar-refractivity contribution in [2.75, 3.05) is 0 Å². The standard InChI is InChI=1S/C14H14N6O2S3/c1-7(2)22-13-17-18-14(25-13)24-6-9-15-16-12-19(3)11(21)10-8(20(9)12)4-5-23-10/h4-5,7H,6H2,1-3H3. The summed E-state index contributed by atoms with van der Waals surface area (Å²) in [6.45, 7) is 3.90. The highest BCUT2D eigenvalue weighted by Gasteiger charge is 2.16. The van der Waals surface area contributed by atoms with Crippen LogP contribution in [0.2, 0.25) is 0 Å². The van der Waals surface area contributed by atoms with Crippen LogP contribution >= 0.6 is 34.4 Å². The van der Waals surface area contributed by atoms with Crippen molar-refractivity contribution in [2.45, 2.75) is 30.0 Å². The van der Waals surface area contributed by atoms with E-state index in [1.807, 2.05) is 29.7 Å². The second-order valence-electron chi connectivity index (χ2n) is 5.54. The Morgan fingerprint density at radius 3 is 2.92 bits per heavy atom. The van der Waals surface area contributed by atoms with Crippen LogP contribution in [0, 0.1) is 0 Å². The molecule has 0 saturated carbocycles. The summed E-state index contributed by atoms with van der Waals surface area (Å²) in [6, 6.07) is 1.92. The van der Waals surface area contributed by atoms with Crippen molar-refractivity contribution in [3.05, 3.63) is 27.6 Å². The number of nitrogens with zero attached hydrogens (tertiary/aromatic N) is 6. The van der Waals surface area contributed by atoms with Gasteiger partial charge in [0.15, 0.2) is 4.34 Å². The highest BCUT2D eigenvalue weighted by molar-refractivity contribution is 8.00. The Bertz CT molecular complexity index is 1110. The molecule has 4 aromatic heterocycles. The SMILES string of the molecule is CC(C)Oc1nnc(SCc2nnc3n(C)c(=O)c4sccc4n23)s1. The van der Waals surface area contributed by atoms with E-state index in [4.69, 9.17) is 4.74 Å². The average Bonchev–Trinajstić information content (AvgIpc) is 3.28. The molecule has 0 bridgehead atoms. The maximum Gasteiger partial charge on any atom is 0.295 e. The van der Waals surface area contributed by atoms with E-state index in [0.29, 0.717) is 21.4 Å².